The van der Waals surface area contributed by atoms with Gasteiger partial charge in [0, 0.05) is 45.6 Å². The predicted octanol–water partition coefficient (Wildman–Crippen LogP) is 18.4. The molecule has 0 fully saturated rings. The average molecular weight is 947 g/mol. The molecular formula is C61H123N3O3. The smallest absolute Gasteiger partial charge is 0.222 e. The first-order chi connectivity index (χ1) is 33.0. The fourth-order valence-electron chi connectivity index (χ4n) is 10.0. The molecule has 0 unspecified atom stereocenters. The van der Waals surface area contributed by atoms with Crippen molar-refractivity contribution >= 4 is 11.8 Å². The molecule has 0 aromatic carbocycles. The maximum atomic E-state index is 13.4. The molecule has 0 rings (SSSR count). The van der Waals surface area contributed by atoms with E-state index in [9.17, 15) is 14.7 Å². The van der Waals surface area contributed by atoms with E-state index in [4.69, 9.17) is 0 Å². The molecule has 2 amide bonds. The van der Waals surface area contributed by atoms with Gasteiger partial charge in [-0.2, -0.15) is 0 Å². The molecule has 0 spiro atoms. The standard InChI is InChI=1S/C61H123N3O3/c1-5-9-13-17-21-25-35-45-55-63(56-46-36-26-22-18-14-10-6-2)61(67)51-41-32-30-34-43-53-62(54-44-39-49-59-65)52-42-33-28-29-38-48-58-64(57-47-37-27-23-19-15-11-7-3)60(66)50-40-31-24-20-16-12-8-4/h65H,5-59H2,1-4H3. The van der Waals surface area contributed by atoms with Gasteiger partial charge in [0.1, 0.15) is 0 Å². The van der Waals surface area contributed by atoms with Gasteiger partial charge in [-0.3, -0.25) is 9.59 Å². The lowest BCUT2D eigenvalue weighted by Crippen LogP contribution is -2.32. The Morgan fingerprint density at radius 3 is 0.687 bits per heavy atom. The first kappa shape index (κ1) is 65.9. The van der Waals surface area contributed by atoms with Gasteiger partial charge < -0.3 is 19.8 Å². The van der Waals surface area contributed by atoms with Gasteiger partial charge in [-0.25, -0.2) is 0 Å². The summed E-state index contributed by atoms with van der Waals surface area (Å²) < 4.78 is 0. The van der Waals surface area contributed by atoms with Crippen molar-refractivity contribution in [3.05, 3.63) is 0 Å². The quantitative estimate of drug-likeness (QED) is 0.0617. The average Bonchev–Trinajstić information content (AvgIpc) is 3.33. The summed E-state index contributed by atoms with van der Waals surface area (Å²) in [5.74, 6) is 0.835. The van der Waals surface area contributed by atoms with Crippen molar-refractivity contribution in [2.24, 2.45) is 0 Å². The lowest BCUT2D eigenvalue weighted by molar-refractivity contribution is -0.132. The minimum absolute atomic E-state index is 0.308. The van der Waals surface area contributed by atoms with Crippen molar-refractivity contribution in [2.45, 2.75) is 329 Å². The van der Waals surface area contributed by atoms with Crippen molar-refractivity contribution in [1.29, 1.82) is 0 Å². The van der Waals surface area contributed by atoms with Crippen LogP contribution in [0.2, 0.25) is 0 Å². The van der Waals surface area contributed by atoms with Gasteiger partial charge in [-0.1, -0.05) is 246 Å². The molecule has 0 radical (unpaired) electrons. The van der Waals surface area contributed by atoms with E-state index in [2.05, 4.69) is 42.4 Å². The number of hydrogen-bond acceptors (Lipinski definition) is 4. The maximum absolute atomic E-state index is 13.4. The second-order valence-corrected chi connectivity index (χ2v) is 21.3. The Kier molecular flexibility index (Phi) is 54.8. The molecule has 0 aliphatic rings. The predicted molar refractivity (Wildman–Crippen MR) is 296 cm³/mol. The van der Waals surface area contributed by atoms with Gasteiger partial charge in [0.05, 0.1) is 0 Å². The van der Waals surface area contributed by atoms with Crippen LogP contribution in [-0.4, -0.2) is 84.0 Å². The van der Waals surface area contributed by atoms with Crippen LogP contribution in [0.25, 0.3) is 0 Å². The van der Waals surface area contributed by atoms with Gasteiger partial charge in [-0.05, 0) is 90.3 Å². The Bertz CT molecular complexity index is 957. The molecule has 0 aromatic heterocycles. The molecule has 0 saturated heterocycles. The van der Waals surface area contributed by atoms with E-state index in [0.29, 0.717) is 18.4 Å². The monoisotopic (exact) mass is 946 g/mol. The number of aliphatic hydroxyl groups is 1. The zero-order valence-corrected chi connectivity index (χ0v) is 46.5. The van der Waals surface area contributed by atoms with Crippen molar-refractivity contribution < 1.29 is 14.7 Å². The first-order valence-electron chi connectivity index (χ1n) is 30.9. The van der Waals surface area contributed by atoms with Crippen LogP contribution in [0.4, 0.5) is 0 Å². The molecule has 400 valence electrons. The third-order valence-electron chi connectivity index (χ3n) is 14.7. The van der Waals surface area contributed by atoms with Gasteiger partial charge in [-0.15, -0.1) is 0 Å². The zero-order valence-electron chi connectivity index (χ0n) is 46.5. The highest BCUT2D eigenvalue weighted by Crippen LogP contribution is 2.17. The number of carbonyl (C=O) groups is 2. The van der Waals surface area contributed by atoms with Crippen LogP contribution in [-0.2, 0) is 9.59 Å². The minimum atomic E-state index is 0.308. The van der Waals surface area contributed by atoms with E-state index < -0.39 is 0 Å². The Hall–Kier alpha value is -1.14. The van der Waals surface area contributed by atoms with Crippen LogP contribution >= 0.6 is 0 Å². The van der Waals surface area contributed by atoms with E-state index in [1.807, 2.05) is 0 Å². The highest BCUT2D eigenvalue weighted by atomic mass is 16.3. The third kappa shape index (κ3) is 48.3. The summed E-state index contributed by atoms with van der Waals surface area (Å²) in [6.45, 7) is 16.9. The molecule has 1 N–H and O–H groups in total. The highest BCUT2D eigenvalue weighted by Gasteiger charge is 2.15. The summed E-state index contributed by atoms with van der Waals surface area (Å²) in [7, 11) is 0. The third-order valence-corrected chi connectivity index (χ3v) is 14.7. The fourth-order valence-corrected chi connectivity index (χ4v) is 10.0. The number of unbranched alkanes of at least 4 members (excludes halogenated alkanes) is 38. The van der Waals surface area contributed by atoms with Crippen LogP contribution in [0.15, 0.2) is 0 Å². The van der Waals surface area contributed by atoms with Crippen molar-refractivity contribution in [1.82, 2.24) is 14.7 Å². The molecule has 0 bridgehead atoms. The lowest BCUT2D eigenvalue weighted by atomic mass is 10.1. The second-order valence-electron chi connectivity index (χ2n) is 21.3. The molecular weight excluding hydrogens is 823 g/mol. The lowest BCUT2D eigenvalue weighted by Gasteiger charge is -2.23. The van der Waals surface area contributed by atoms with Crippen LogP contribution in [0.1, 0.15) is 329 Å². The summed E-state index contributed by atoms with van der Waals surface area (Å²) in [5.41, 5.74) is 0. The Morgan fingerprint density at radius 1 is 0.254 bits per heavy atom. The van der Waals surface area contributed by atoms with Crippen molar-refractivity contribution in [2.75, 3.05) is 52.4 Å². The largest absolute Gasteiger partial charge is 0.396 e. The number of rotatable bonds is 57. The van der Waals surface area contributed by atoms with E-state index >= 15 is 0 Å². The van der Waals surface area contributed by atoms with Crippen LogP contribution in [0.3, 0.4) is 0 Å². The number of carbonyl (C=O) groups excluding carboxylic acids is 2. The van der Waals surface area contributed by atoms with E-state index in [-0.39, 0.29) is 0 Å². The minimum Gasteiger partial charge on any atom is -0.396 e. The first-order valence-corrected chi connectivity index (χ1v) is 30.9. The topological polar surface area (TPSA) is 64.1 Å². The van der Waals surface area contributed by atoms with E-state index in [0.717, 1.165) is 77.7 Å². The summed E-state index contributed by atoms with van der Waals surface area (Å²) in [4.78, 5) is 34.0. The summed E-state index contributed by atoms with van der Waals surface area (Å²) in [6.07, 6.45) is 58.8. The molecule has 0 heterocycles. The molecule has 0 aromatic rings. The summed E-state index contributed by atoms with van der Waals surface area (Å²) in [5, 5.41) is 9.34. The molecule has 67 heavy (non-hydrogen) atoms. The number of aliphatic hydroxyl groups excluding tert-OH is 1. The van der Waals surface area contributed by atoms with Gasteiger partial charge in [0.15, 0.2) is 0 Å². The van der Waals surface area contributed by atoms with Gasteiger partial charge in [0.2, 0.25) is 11.8 Å². The summed E-state index contributed by atoms with van der Waals surface area (Å²) in [6, 6.07) is 0. The van der Waals surface area contributed by atoms with E-state index in [1.165, 1.54) is 270 Å². The Labute approximate surface area is 421 Å². The Balaban J connectivity index is 4.60. The molecule has 0 aliphatic heterocycles. The number of nitrogens with zero attached hydrogens (tertiary/aromatic N) is 3. The number of amides is 2. The van der Waals surface area contributed by atoms with Crippen molar-refractivity contribution in [3.8, 4) is 0 Å². The van der Waals surface area contributed by atoms with Gasteiger partial charge in [0.25, 0.3) is 0 Å². The molecule has 6 nitrogen and oxygen atoms in total. The summed E-state index contributed by atoms with van der Waals surface area (Å²) >= 11 is 0. The van der Waals surface area contributed by atoms with Crippen molar-refractivity contribution in [3.63, 3.8) is 0 Å². The zero-order chi connectivity index (χ0) is 48.8. The molecule has 0 atom stereocenters. The second kappa shape index (κ2) is 55.8. The van der Waals surface area contributed by atoms with Crippen LogP contribution in [0, 0.1) is 0 Å². The fraction of sp³-hybridized carbons (Fsp3) is 0.967. The van der Waals surface area contributed by atoms with Crippen LogP contribution < -0.4 is 0 Å². The molecule has 0 aliphatic carbocycles. The Morgan fingerprint density at radius 2 is 0.448 bits per heavy atom. The molecule has 6 heteroatoms. The highest BCUT2D eigenvalue weighted by molar-refractivity contribution is 5.76. The number of hydrogen-bond donors (Lipinski definition) is 1. The van der Waals surface area contributed by atoms with Gasteiger partial charge >= 0.3 is 0 Å². The van der Waals surface area contributed by atoms with Crippen LogP contribution in [0.5, 0.6) is 0 Å². The molecule has 0 saturated carbocycles. The SMILES string of the molecule is CCCCCCCCCCN(CCCCCCCCN(CCCCCO)CCCCCCCC(=O)N(CCCCCCCCCC)CCCCCCCCCC)C(=O)CCCCCCCCC. The van der Waals surface area contributed by atoms with E-state index in [1.54, 1.807) is 0 Å². The normalized spacial score (nSPS) is 11.6. The maximum Gasteiger partial charge on any atom is 0.222 e.